The van der Waals surface area contributed by atoms with Crippen LogP contribution in [0.15, 0.2) is 36.4 Å². The number of halogens is 2. The van der Waals surface area contributed by atoms with E-state index in [4.69, 9.17) is 27.3 Å². The van der Waals surface area contributed by atoms with Gasteiger partial charge in [0.25, 0.3) is 0 Å². The molecule has 0 amide bonds. The van der Waals surface area contributed by atoms with Crippen LogP contribution in [0.5, 0.6) is 5.75 Å². The van der Waals surface area contributed by atoms with Crippen LogP contribution in [0.4, 0.5) is 5.69 Å². The Hall–Kier alpha value is -1.45. The van der Waals surface area contributed by atoms with Gasteiger partial charge in [-0.05, 0) is 40.8 Å². The van der Waals surface area contributed by atoms with Gasteiger partial charge in [-0.15, -0.1) is 0 Å². The molecule has 0 atom stereocenters. The first-order valence-electron chi connectivity index (χ1n) is 5.47. The Bertz CT molecular complexity index is 629. The number of nitrogen functional groups attached to an aromatic ring is 1. The normalized spacial score (nSPS) is 9.95. The second kappa shape index (κ2) is 6.13. The van der Waals surface area contributed by atoms with Crippen LogP contribution in [-0.2, 0) is 6.61 Å². The minimum absolute atomic E-state index is 0.339. The highest BCUT2D eigenvalue weighted by molar-refractivity contribution is 14.1. The van der Waals surface area contributed by atoms with E-state index in [1.54, 1.807) is 12.1 Å². The van der Waals surface area contributed by atoms with Crippen LogP contribution < -0.4 is 10.5 Å². The summed E-state index contributed by atoms with van der Waals surface area (Å²) in [6, 6.07) is 12.9. The van der Waals surface area contributed by atoms with Gasteiger partial charge >= 0.3 is 0 Å². The van der Waals surface area contributed by atoms with E-state index >= 15 is 0 Å². The first kappa shape index (κ1) is 14.0. The molecule has 0 saturated carbocycles. The van der Waals surface area contributed by atoms with E-state index in [-0.39, 0.29) is 0 Å². The molecule has 0 spiro atoms. The highest BCUT2D eigenvalue weighted by atomic mass is 127. The third kappa shape index (κ3) is 3.31. The first-order chi connectivity index (χ1) is 9.11. The van der Waals surface area contributed by atoms with E-state index in [2.05, 4.69) is 28.7 Å². The monoisotopic (exact) mass is 384 g/mol. The van der Waals surface area contributed by atoms with Crippen LogP contribution in [-0.4, -0.2) is 0 Å². The SMILES string of the molecule is N#Cc1cc(N)c(OCc2ccccc2Cl)c(I)c1. The predicted molar refractivity (Wildman–Crippen MR) is 84.1 cm³/mol. The first-order valence-corrected chi connectivity index (χ1v) is 6.93. The quantitative estimate of drug-likeness (QED) is 0.643. The fraction of sp³-hybridized carbons (Fsp3) is 0.0714. The van der Waals surface area contributed by atoms with Gasteiger partial charge in [-0.2, -0.15) is 5.26 Å². The fourth-order valence-corrected chi connectivity index (χ4v) is 2.59. The number of nitrogens with two attached hydrogens (primary N) is 1. The maximum Gasteiger partial charge on any atom is 0.156 e. The zero-order chi connectivity index (χ0) is 13.8. The van der Waals surface area contributed by atoms with Crippen molar-refractivity contribution in [1.82, 2.24) is 0 Å². The van der Waals surface area contributed by atoms with Crippen LogP contribution in [0.25, 0.3) is 0 Å². The van der Waals surface area contributed by atoms with Crippen molar-refractivity contribution < 1.29 is 4.74 Å². The van der Waals surface area contributed by atoms with Crippen LogP contribution in [0.3, 0.4) is 0 Å². The molecule has 2 aromatic rings. The number of nitrogens with zero attached hydrogens (tertiary/aromatic N) is 1. The lowest BCUT2D eigenvalue weighted by atomic mass is 10.2. The van der Waals surface area contributed by atoms with Crippen molar-refractivity contribution in [2.75, 3.05) is 5.73 Å². The maximum atomic E-state index is 8.85. The molecule has 0 aromatic heterocycles. The average molecular weight is 385 g/mol. The molecule has 96 valence electrons. The lowest BCUT2D eigenvalue weighted by Crippen LogP contribution is -2.01. The van der Waals surface area contributed by atoms with Gasteiger partial charge in [-0.25, -0.2) is 0 Å². The molecule has 5 heteroatoms. The molecule has 0 heterocycles. The van der Waals surface area contributed by atoms with Gasteiger partial charge in [-0.3, -0.25) is 0 Å². The van der Waals surface area contributed by atoms with E-state index in [1.165, 1.54) is 0 Å². The van der Waals surface area contributed by atoms with Gasteiger partial charge in [0.15, 0.2) is 5.75 Å². The highest BCUT2D eigenvalue weighted by Gasteiger charge is 2.09. The summed E-state index contributed by atoms with van der Waals surface area (Å²) in [4.78, 5) is 0. The van der Waals surface area contributed by atoms with Gasteiger partial charge in [-0.1, -0.05) is 29.8 Å². The topological polar surface area (TPSA) is 59.0 Å². The minimum atomic E-state index is 0.339. The zero-order valence-corrected chi connectivity index (χ0v) is 12.8. The zero-order valence-electron chi connectivity index (χ0n) is 9.86. The van der Waals surface area contributed by atoms with Crippen molar-refractivity contribution in [3.63, 3.8) is 0 Å². The lowest BCUT2D eigenvalue weighted by molar-refractivity contribution is 0.306. The summed E-state index contributed by atoms with van der Waals surface area (Å²) < 4.78 is 6.51. The molecule has 0 fully saturated rings. The highest BCUT2D eigenvalue weighted by Crippen LogP contribution is 2.30. The Morgan fingerprint density at radius 1 is 1.32 bits per heavy atom. The molecule has 3 nitrogen and oxygen atoms in total. The molecule has 0 saturated heterocycles. The largest absolute Gasteiger partial charge is 0.486 e. The van der Waals surface area contributed by atoms with Crippen molar-refractivity contribution in [2.24, 2.45) is 0 Å². The van der Waals surface area contributed by atoms with Gasteiger partial charge in [0.1, 0.15) is 6.61 Å². The summed E-state index contributed by atoms with van der Waals surface area (Å²) in [5.74, 6) is 0.583. The van der Waals surface area contributed by atoms with E-state index in [0.717, 1.165) is 9.13 Å². The minimum Gasteiger partial charge on any atom is -0.486 e. The van der Waals surface area contributed by atoms with Crippen molar-refractivity contribution in [3.05, 3.63) is 56.1 Å². The summed E-state index contributed by atoms with van der Waals surface area (Å²) in [6.45, 7) is 0.339. The summed E-state index contributed by atoms with van der Waals surface area (Å²) in [7, 11) is 0. The van der Waals surface area contributed by atoms with Gasteiger partial charge < -0.3 is 10.5 Å². The average Bonchev–Trinajstić information content (AvgIpc) is 2.39. The second-order valence-electron chi connectivity index (χ2n) is 3.87. The molecule has 2 rings (SSSR count). The van der Waals surface area contributed by atoms with Crippen LogP contribution in [0, 0.1) is 14.9 Å². The maximum absolute atomic E-state index is 8.85. The second-order valence-corrected chi connectivity index (χ2v) is 5.44. The van der Waals surface area contributed by atoms with E-state index in [1.807, 2.05) is 24.3 Å². The van der Waals surface area contributed by atoms with Crippen LogP contribution in [0.1, 0.15) is 11.1 Å². The lowest BCUT2D eigenvalue weighted by Gasteiger charge is -2.12. The van der Waals surface area contributed by atoms with Crippen molar-refractivity contribution in [3.8, 4) is 11.8 Å². The number of benzene rings is 2. The molecule has 0 unspecified atom stereocenters. The summed E-state index contributed by atoms with van der Waals surface area (Å²) in [5.41, 5.74) is 7.75. The smallest absolute Gasteiger partial charge is 0.156 e. The molecular weight excluding hydrogens is 375 g/mol. The molecule has 0 radical (unpaired) electrons. The summed E-state index contributed by atoms with van der Waals surface area (Å²) in [6.07, 6.45) is 0. The third-order valence-corrected chi connectivity index (χ3v) is 3.70. The van der Waals surface area contributed by atoms with Gasteiger partial charge in [0, 0.05) is 10.6 Å². The molecule has 19 heavy (non-hydrogen) atoms. The number of ether oxygens (including phenoxy) is 1. The molecular formula is C14H10ClIN2O. The van der Waals surface area contributed by atoms with E-state index in [9.17, 15) is 0 Å². The Kier molecular flexibility index (Phi) is 4.51. The van der Waals surface area contributed by atoms with Gasteiger partial charge in [0.2, 0.25) is 0 Å². The number of rotatable bonds is 3. The van der Waals surface area contributed by atoms with Crippen LogP contribution in [0.2, 0.25) is 5.02 Å². The Balaban J connectivity index is 2.21. The molecule has 2 aromatic carbocycles. The third-order valence-electron chi connectivity index (χ3n) is 2.53. The van der Waals surface area contributed by atoms with Crippen molar-refractivity contribution in [1.29, 1.82) is 5.26 Å². The Morgan fingerprint density at radius 3 is 2.68 bits per heavy atom. The Labute approximate surface area is 130 Å². The number of anilines is 1. The van der Waals surface area contributed by atoms with Crippen molar-refractivity contribution >= 4 is 39.9 Å². The molecule has 0 aliphatic heterocycles. The molecule has 0 aliphatic carbocycles. The standard InChI is InChI=1S/C14H10ClIN2O/c15-11-4-2-1-3-10(11)8-19-14-12(16)5-9(7-17)6-13(14)18/h1-6H,8,18H2. The summed E-state index contributed by atoms with van der Waals surface area (Å²) in [5, 5.41) is 9.51. The molecule has 2 N–H and O–H groups in total. The Morgan fingerprint density at radius 2 is 2.05 bits per heavy atom. The molecule has 0 bridgehead atoms. The van der Waals surface area contributed by atoms with E-state index in [0.29, 0.717) is 28.6 Å². The van der Waals surface area contributed by atoms with E-state index < -0.39 is 0 Å². The number of nitriles is 1. The number of hydrogen-bond donors (Lipinski definition) is 1. The fourth-order valence-electron chi connectivity index (χ4n) is 1.60. The molecule has 0 aliphatic rings. The summed E-state index contributed by atoms with van der Waals surface area (Å²) >= 11 is 8.16. The van der Waals surface area contributed by atoms with Gasteiger partial charge in [0.05, 0.1) is 20.9 Å². The number of hydrogen-bond acceptors (Lipinski definition) is 3. The predicted octanol–water partition coefficient (Wildman–Crippen LogP) is 3.98. The van der Waals surface area contributed by atoms with Crippen LogP contribution >= 0.6 is 34.2 Å². The van der Waals surface area contributed by atoms with Crippen molar-refractivity contribution in [2.45, 2.75) is 6.61 Å².